The molecule has 0 spiro atoms. The maximum absolute atomic E-state index is 13.7. The van der Waals surface area contributed by atoms with Gasteiger partial charge in [-0.25, -0.2) is 9.97 Å². The number of hydrogen-bond acceptors (Lipinski definition) is 8. The van der Waals surface area contributed by atoms with Gasteiger partial charge in [-0.1, -0.05) is 23.7 Å². The summed E-state index contributed by atoms with van der Waals surface area (Å²) in [6, 6.07) is 21.2. The predicted octanol–water partition coefficient (Wildman–Crippen LogP) is 7.70. The summed E-state index contributed by atoms with van der Waals surface area (Å²) in [6.07, 6.45) is 6.64. The SMILES string of the molecule is CNc1ccc(C#C/C=C/c2cc3cc(OC)ccc3o2)c(F)n1.COc1ccc2oc(/C=C/C#Cc3ccc(N)nc3F)cc2c1. The third kappa shape index (κ3) is 8.35. The second-order valence-electron chi connectivity index (χ2n) is 9.67. The van der Waals surface area contributed by atoms with Crippen molar-refractivity contribution in [1.29, 1.82) is 0 Å². The van der Waals surface area contributed by atoms with Gasteiger partial charge in [0.2, 0.25) is 11.9 Å². The molecule has 10 heteroatoms. The van der Waals surface area contributed by atoms with Gasteiger partial charge in [-0.3, -0.25) is 0 Å². The van der Waals surface area contributed by atoms with E-state index >= 15 is 0 Å². The lowest BCUT2D eigenvalue weighted by Gasteiger charge is -1.98. The van der Waals surface area contributed by atoms with Crippen molar-refractivity contribution in [3.63, 3.8) is 0 Å². The van der Waals surface area contributed by atoms with Crippen LogP contribution in [0.25, 0.3) is 34.1 Å². The zero-order chi connectivity index (χ0) is 33.2. The summed E-state index contributed by atoms with van der Waals surface area (Å²) in [5, 5.41) is 4.65. The molecule has 0 saturated heterocycles. The summed E-state index contributed by atoms with van der Waals surface area (Å²) >= 11 is 0. The molecule has 0 atom stereocenters. The molecule has 4 heterocycles. The van der Waals surface area contributed by atoms with Gasteiger partial charge in [-0.05, 0) is 97.1 Å². The van der Waals surface area contributed by atoms with Crippen molar-refractivity contribution in [3.8, 4) is 35.2 Å². The zero-order valence-corrected chi connectivity index (χ0v) is 25.6. The Morgan fingerprint density at radius 1 is 0.702 bits per heavy atom. The number of hydrogen-bond donors (Lipinski definition) is 2. The first-order chi connectivity index (χ1) is 22.8. The Bertz CT molecular complexity index is 2230. The van der Waals surface area contributed by atoms with Crippen molar-refractivity contribution in [1.82, 2.24) is 9.97 Å². The molecule has 6 rings (SSSR count). The fourth-order valence-corrected chi connectivity index (χ4v) is 4.20. The number of furan rings is 2. The van der Waals surface area contributed by atoms with Gasteiger partial charge < -0.3 is 29.4 Å². The molecule has 0 aliphatic heterocycles. The van der Waals surface area contributed by atoms with Crippen LogP contribution in [-0.4, -0.2) is 31.2 Å². The first-order valence-corrected chi connectivity index (χ1v) is 14.1. The van der Waals surface area contributed by atoms with Crippen LogP contribution in [-0.2, 0) is 0 Å². The van der Waals surface area contributed by atoms with Gasteiger partial charge in [0.05, 0.1) is 25.3 Å². The van der Waals surface area contributed by atoms with Crippen LogP contribution in [0.1, 0.15) is 22.6 Å². The number of allylic oxidation sites excluding steroid dienone is 2. The molecule has 0 saturated carbocycles. The third-order valence-electron chi connectivity index (χ3n) is 6.54. The molecule has 6 aromatic rings. The van der Waals surface area contributed by atoms with Crippen molar-refractivity contribution >= 4 is 45.7 Å². The fraction of sp³-hybridized carbons (Fsp3) is 0.0811. The molecule has 0 aliphatic rings. The van der Waals surface area contributed by atoms with Crippen LogP contribution in [0.3, 0.4) is 0 Å². The smallest absolute Gasteiger partial charge is 0.230 e. The average molecular weight is 631 g/mol. The lowest BCUT2D eigenvalue weighted by atomic mass is 10.2. The lowest BCUT2D eigenvalue weighted by molar-refractivity contribution is 0.415. The minimum Gasteiger partial charge on any atom is -0.497 e. The number of pyridine rings is 2. The number of anilines is 2. The number of benzene rings is 2. The molecule has 0 bridgehead atoms. The molecule has 0 amide bonds. The van der Waals surface area contributed by atoms with Crippen molar-refractivity contribution in [2.45, 2.75) is 0 Å². The lowest BCUT2D eigenvalue weighted by Crippen LogP contribution is -1.96. The minimum atomic E-state index is -0.679. The van der Waals surface area contributed by atoms with E-state index in [4.69, 9.17) is 24.0 Å². The van der Waals surface area contributed by atoms with E-state index in [-0.39, 0.29) is 16.9 Å². The standard InChI is InChI=1S/C19H15FN2O2.C18H13FN2O2/c1-21-18-10-7-13(19(20)22-18)5-3-4-6-16-12-14-11-15(23-2)8-9-17(14)24-16;1-22-14-7-8-16-13(10-14)11-15(23-16)5-3-2-4-12-6-9-17(20)21-18(12)19/h4,6-12H,1-2H3,(H,21,22);3,5-11H,1H3,(H2,20,21)/b6-4+;5-3+. The Morgan fingerprint density at radius 2 is 1.21 bits per heavy atom. The number of fused-ring (bicyclic) bond motifs is 2. The monoisotopic (exact) mass is 630 g/mol. The Morgan fingerprint density at radius 3 is 1.68 bits per heavy atom. The Kier molecular flexibility index (Phi) is 10.2. The highest BCUT2D eigenvalue weighted by Crippen LogP contribution is 2.26. The average Bonchev–Trinajstić information content (AvgIpc) is 3.69. The van der Waals surface area contributed by atoms with Crippen molar-refractivity contribution in [3.05, 3.63) is 119 Å². The predicted molar refractivity (Wildman–Crippen MR) is 180 cm³/mol. The molecule has 8 nitrogen and oxygen atoms in total. The number of nitrogens with zero attached hydrogens (tertiary/aromatic N) is 2. The number of nitrogens with two attached hydrogens (primary N) is 1. The first-order valence-electron chi connectivity index (χ1n) is 14.1. The highest BCUT2D eigenvalue weighted by Gasteiger charge is 2.04. The van der Waals surface area contributed by atoms with Crippen LogP contribution >= 0.6 is 0 Å². The van der Waals surface area contributed by atoms with E-state index in [0.29, 0.717) is 17.3 Å². The molecular weight excluding hydrogens is 602 g/mol. The van der Waals surface area contributed by atoms with Gasteiger partial charge >= 0.3 is 0 Å². The second-order valence-corrected chi connectivity index (χ2v) is 9.67. The number of nitrogens with one attached hydrogen (secondary N) is 1. The summed E-state index contributed by atoms with van der Waals surface area (Å²) < 4.78 is 48.8. The van der Waals surface area contributed by atoms with E-state index in [1.807, 2.05) is 48.5 Å². The maximum Gasteiger partial charge on any atom is 0.230 e. The van der Waals surface area contributed by atoms with E-state index < -0.39 is 11.9 Å². The quantitative estimate of drug-likeness (QED) is 0.147. The van der Waals surface area contributed by atoms with Crippen LogP contribution in [0.5, 0.6) is 11.5 Å². The molecule has 2 aromatic carbocycles. The van der Waals surface area contributed by atoms with Crippen LogP contribution < -0.4 is 20.5 Å². The van der Waals surface area contributed by atoms with Gasteiger partial charge in [0, 0.05) is 17.8 Å². The molecule has 234 valence electrons. The number of nitrogen functional groups attached to an aromatic ring is 1. The largest absolute Gasteiger partial charge is 0.497 e. The molecule has 3 N–H and O–H groups in total. The molecular formula is C37H28F2N4O4. The molecule has 0 radical (unpaired) electrons. The van der Waals surface area contributed by atoms with E-state index in [9.17, 15) is 8.78 Å². The van der Waals surface area contributed by atoms with E-state index in [0.717, 1.165) is 33.4 Å². The normalized spacial score (nSPS) is 10.7. The van der Waals surface area contributed by atoms with Gasteiger partial charge in [0.25, 0.3) is 0 Å². The van der Waals surface area contributed by atoms with Crippen LogP contribution in [0.2, 0.25) is 0 Å². The Balaban J connectivity index is 0.000000185. The minimum absolute atomic E-state index is 0.126. The van der Waals surface area contributed by atoms with Crippen molar-refractivity contribution < 1.29 is 27.1 Å². The fourth-order valence-electron chi connectivity index (χ4n) is 4.20. The highest BCUT2D eigenvalue weighted by atomic mass is 19.1. The molecule has 47 heavy (non-hydrogen) atoms. The van der Waals surface area contributed by atoms with E-state index in [2.05, 4.69) is 39.0 Å². The van der Waals surface area contributed by atoms with Crippen LogP contribution in [0.4, 0.5) is 20.4 Å². The summed E-state index contributed by atoms with van der Waals surface area (Å²) in [5.41, 5.74) is 7.34. The summed E-state index contributed by atoms with van der Waals surface area (Å²) in [5.74, 6) is 13.1. The number of methoxy groups -OCH3 is 2. The zero-order valence-electron chi connectivity index (χ0n) is 25.6. The first kappa shape index (κ1) is 31.9. The molecule has 0 aliphatic carbocycles. The second kappa shape index (κ2) is 15.0. The van der Waals surface area contributed by atoms with Gasteiger partial charge in [0.1, 0.15) is 45.8 Å². The van der Waals surface area contributed by atoms with Crippen molar-refractivity contribution in [2.75, 3.05) is 32.3 Å². The summed E-state index contributed by atoms with van der Waals surface area (Å²) in [7, 11) is 4.91. The Hall–Kier alpha value is -6.52. The number of aromatic nitrogens is 2. The van der Waals surface area contributed by atoms with Crippen LogP contribution in [0, 0.1) is 35.6 Å². The number of rotatable bonds is 5. The van der Waals surface area contributed by atoms with E-state index in [1.54, 1.807) is 57.7 Å². The van der Waals surface area contributed by atoms with Gasteiger partial charge in [0.15, 0.2) is 0 Å². The molecule has 0 fully saturated rings. The molecule has 0 unspecified atom stereocenters. The topological polar surface area (TPSA) is 109 Å². The number of halogens is 2. The summed E-state index contributed by atoms with van der Waals surface area (Å²) in [6.45, 7) is 0. The van der Waals surface area contributed by atoms with Gasteiger partial charge in [-0.2, -0.15) is 8.78 Å². The maximum atomic E-state index is 13.7. The third-order valence-corrected chi connectivity index (χ3v) is 6.54. The highest BCUT2D eigenvalue weighted by molar-refractivity contribution is 5.82. The summed E-state index contributed by atoms with van der Waals surface area (Å²) in [4.78, 5) is 7.25. The van der Waals surface area contributed by atoms with E-state index in [1.165, 1.54) is 12.1 Å². The van der Waals surface area contributed by atoms with Gasteiger partial charge in [-0.15, -0.1) is 0 Å². The van der Waals surface area contributed by atoms with Crippen LogP contribution in [0.15, 0.2) is 93.8 Å². The van der Waals surface area contributed by atoms with Crippen molar-refractivity contribution in [2.24, 2.45) is 0 Å². The molecule has 4 aromatic heterocycles. The number of ether oxygens (including phenoxy) is 2. The Labute approximate surface area is 269 Å².